The van der Waals surface area contributed by atoms with E-state index in [-0.39, 0.29) is 11.9 Å². The van der Waals surface area contributed by atoms with Crippen molar-refractivity contribution in [1.82, 2.24) is 0 Å². The maximum Gasteiger partial charge on any atom is 0.328 e. The number of carbonyl (C=O) groups is 2. The van der Waals surface area contributed by atoms with E-state index in [0.717, 1.165) is 6.42 Å². The van der Waals surface area contributed by atoms with Gasteiger partial charge in [-0.1, -0.05) is 44.8 Å². The number of esters is 2. The van der Waals surface area contributed by atoms with Gasteiger partial charge in [0.15, 0.2) is 5.92 Å². The molecule has 1 aliphatic heterocycles. The van der Waals surface area contributed by atoms with Gasteiger partial charge in [0.25, 0.3) is 0 Å². The standard InChI is InChI=1S/C13H20O3/c1-2-3-4-5-6-7-8-9-10-11-12(14)16-13(11)15/h8-9,11H,2-7,10H2,1H3/b9-8+. The Balaban J connectivity index is 1.96. The minimum atomic E-state index is -0.517. The number of cyclic esters (lactones) is 2. The van der Waals surface area contributed by atoms with E-state index in [9.17, 15) is 9.59 Å². The van der Waals surface area contributed by atoms with E-state index in [2.05, 4.69) is 17.7 Å². The van der Waals surface area contributed by atoms with Gasteiger partial charge in [0, 0.05) is 0 Å². The van der Waals surface area contributed by atoms with Crippen molar-refractivity contribution >= 4 is 11.9 Å². The Morgan fingerprint density at radius 3 is 2.38 bits per heavy atom. The molecule has 3 nitrogen and oxygen atoms in total. The molecule has 0 aromatic carbocycles. The lowest BCUT2D eigenvalue weighted by molar-refractivity contribution is -0.183. The number of unbranched alkanes of at least 4 members (excludes halogenated alkanes) is 5. The Morgan fingerprint density at radius 1 is 1.06 bits per heavy atom. The zero-order valence-electron chi connectivity index (χ0n) is 9.91. The quantitative estimate of drug-likeness (QED) is 0.275. The first-order chi connectivity index (χ1) is 7.75. The van der Waals surface area contributed by atoms with Crippen LogP contribution in [-0.2, 0) is 14.3 Å². The predicted octanol–water partition coefficient (Wildman–Crippen LogP) is 2.99. The highest BCUT2D eigenvalue weighted by molar-refractivity contribution is 6.09. The SMILES string of the molecule is CCCCCCC/C=C/CC1C(=O)OC1=O. The molecule has 1 heterocycles. The van der Waals surface area contributed by atoms with E-state index in [1.54, 1.807) is 0 Å². The molecule has 1 fully saturated rings. The van der Waals surface area contributed by atoms with E-state index < -0.39 is 5.92 Å². The number of hydrogen-bond donors (Lipinski definition) is 0. The molecule has 1 saturated heterocycles. The molecule has 0 unspecified atom stereocenters. The molecule has 0 spiro atoms. The summed E-state index contributed by atoms with van der Waals surface area (Å²) in [5, 5.41) is 0. The molecule has 0 amide bonds. The lowest BCUT2D eigenvalue weighted by Gasteiger charge is -2.19. The monoisotopic (exact) mass is 224 g/mol. The Bertz CT molecular complexity index is 254. The first-order valence-corrected chi connectivity index (χ1v) is 6.16. The van der Waals surface area contributed by atoms with Gasteiger partial charge in [-0.3, -0.25) is 9.59 Å². The van der Waals surface area contributed by atoms with Crippen LogP contribution in [-0.4, -0.2) is 11.9 Å². The van der Waals surface area contributed by atoms with E-state index in [1.165, 1.54) is 32.1 Å². The van der Waals surface area contributed by atoms with Crippen LogP contribution in [0.3, 0.4) is 0 Å². The molecule has 16 heavy (non-hydrogen) atoms. The minimum absolute atomic E-state index is 0.377. The van der Waals surface area contributed by atoms with Gasteiger partial charge in [0.05, 0.1) is 0 Å². The van der Waals surface area contributed by atoms with Crippen molar-refractivity contribution in [1.29, 1.82) is 0 Å². The summed E-state index contributed by atoms with van der Waals surface area (Å²) in [6.07, 6.45) is 11.9. The zero-order chi connectivity index (χ0) is 11.8. The van der Waals surface area contributed by atoms with Crippen LogP contribution in [0.5, 0.6) is 0 Å². The first kappa shape index (κ1) is 12.9. The summed E-state index contributed by atoms with van der Waals surface area (Å²) < 4.78 is 4.26. The van der Waals surface area contributed by atoms with Crippen molar-refractivity contribution in [3.8, 4) is 0 Å². The van der Waals surface area contributed by atoms with E-state index in [0.29, 0.717) is 6.42 Å². The number of allylic oxidation sites excluding steroid dienone is 2. The second kappa shape index (κ2) is 7.20. The highest BCUT2D eigenvalue weighted by atomic mass is 16.6. The Kier molecular flexibility index (Phi) is 5.83. The number of hydrogen-bond acceptors (Lipinski definition) is 3. The normalized spacial score (nSPS) is 16.6. The average Bonchev–Trinajstić information content (AvgIpc) is 2.27. The predicted molar refractivity (Wildman–Crippen MR) is 61.7 cm³/mol. The molecule has 0 saturated carbocycles. The van der Waals surface area contributed by atoms with Crippen molar-refractivity contribution in [2.24, 2.45) is 5.92 Å². The van der Waals surface area contributed by atoms with Crippen molar-refractivity contribution in [3.63, 3.8) is 0 Å². The third-order valence-electron chi connectivity index (χ3n) is 2.78. The fourth-order valence-electron chi connectivity index (χ4n) is 1.69. The molecule has 1 rings (SSSR count). The molecule has 0 atom stereocenters. The van der Waals surface area contributed by atoms with Crippen LogP contribution in [0.2, 0.25) is 0 Å². The largest absolute Gasteiger partial charge is 0.392 e. The molecule has 0 aromatic rings. The fraction of sp³-hybridized carbons (Fsp3) is 0.692. The Labute approximate surface area is 96.9 Å². The minimum Gasteiger partial charge on any atom is -0.392 e. The molecule has 0 aliphatic carbocycles. The summed E-state index contributed by atoms with van der Waals surface area (Å²) in [5.41, 5.74) is 0. The molecular weight excluding hydrogens is 204 g/mol. The third-order valence-corrected chi connectivity index (χ3v) is 2.78. The lowest BCUT2D eigenvalue weighted by Crippen LogP contribution is -2.40. The lowest BCUT2D eigenvalue weighted by atomic mass is 10.0. The topological polar surface area (TPSA) is 43.4 Å². The molecule has 0 radical (unpaired) electrons. The zero-order valence-corrected chi connectivity index (χ0v) is 9.91. The molecular formula is C13H20O3. The summed E-state index contributed by atoms with van der Waals surface area (Å²) in [6, 6.07) is 0. The summed E-state index contributed by atoms with van der Waals surface area (Å²) in [6.45, 7) is 2.20. The molecule has 0 N–H and O–H groups in total. The molecule has 0 aromatic heterocycles. The van der Waals surface area contributed by atoms with Crippen LogP contribution in [0, 0.1) is 5.92 Å². The van der Waals surface area contributed by atoms with Gasteiger partial charge in [0.1, 0.15) is 0 Å². The maximum absolute atomic E-state index is 10.8. The molecule has 1 aliphatic rings. The number of rotatable bonds is 8. The summed E-state index contributed by atoms with van der Waals surface area (Å²) >= 11 is 0. The van der Waals surface area contributed by atoms with Crippen molar-refractivity contribution in [2.75, 3.05) is 0 Å². The van der Waals surface area contributed by atoms with Gasteiger partial charge >= 0.3 is 11.9 Å². The third kappa shape index (κ3) is 4.17. The van der Waals surface area contributed by atoms with Crippen LogP contribution in [0.4, 0.5) is 0 Å². The van der Waals surface area contributed by atoms with Gasteiger partial charge in [-0.05, 0) is 19.3 Å². The average molecular weight is 224 g/mol. The smallest absolute Gasteiger partial charge is 0.328 e. The summed E-state index contributed by atoms with van der Waals surface area (Å²) in [5.74, 6) is -1.27. The van der Waals surface area contributed by atoms with Crippen LogP contribution >= 0.6 is 0 Å². The van der Waals surface area contributed by atoms with E-state index in [1.807, 2.05) is 6.08 Å². The molecule has 3 heteroatoms. The van der Waals surface area contributed by atoms with Gasteiger partial charge in [-0.15, -0.1) is 0 Å². The van der Waals surface area contributed by atoms with E-state index >= 15 is 0 Å². The van der Waals surface area contributed by atoms with Gasteiger partial charge < -0.3 is 4.74 Å². The van der Waals surface area contributed by atoms with Gasteiger partial charge in [0.2, 0.25) is 0 Å². The highest BCUT2D eigenvalue weighted by Crippen LogP contribution is 2.19. The van der Waals surface area contributed by atoms with Crippen LogP contribution in [0.1, 0.15) is 51.9 Å². The second-order valence-electron chi connectivity index (χ2n) is 4.20. The Hall–Kier alpha value is -1.12. The van der Waals surface area contributed by atoms with Crippen LogP contribution < -0.4 is 0 Å². The maximum atomic E-state index is 10.8. The van der Waals surface area contributed by atoms with Crippen LogP contribution in [0.15, 0.2) is 12.2 Å². The Morgan fingerprint density at radius 2 is 1.75 bits per heavy atom. The van der Waals surface area contributed by atoms with Crippen molar-refractivity contribution < 1.29 is 14.3 Å². The number of ether oxygens (including phenoxy) is 1. The van der Waals surface area contributed by atoms with E-state index in [4.69, 9.17) is 0 Å². The van der Waals surface area contributed by atoms with Gasteiger partial charge in [-0.25, -0.2) is 0 Å². The number of carbonyl (C=O) groups excluding carboxylic acids is 2. The molecule has 90 valence electrons. The highest BCUT2D eigenvalue weighted by Gasteiger charge is 2.40. The summed E-state index contributed by atoms with van der Waals surface area (Å²) in [4.78, 5) is 21.6. The fourth-order valence-corrected chi connectivity index (χ4v) is 1.69. The summed E-state index contributed by atoms with van der Waals surface area (Å²) in [7, 11) is 0. The van der Waals surface area contributed by atoms with Crippen molar-refractivity contribution in [2.45, 2.75) is 51.9 Å². The second-order valence-corrected chi connectivity index (χ2v) is 4.20. The van der Waals surface area contributed by atoms with Crippen molar-refractivity contribution in [3.05, 3.63) is 12.2 Å². The van der Waals surface area contributed by atoms with Gasteiger partial charge in [-0.2, -0.15) is 0 Å². The van der Waals surface area contributed by atoms with Crippen LogP contribution in [0.25, 0.3) is 0 Å². The first-order valence-electron chi connectivity index (χ1n) is 6.16. The molecule has 0 bridgehead atoms.